The molecule has 0 aliphatic carbocycles. The Morgan fingerprint density at radius 2 is 2.15 bits per heavy atom. The van der Waals surface area contributed by atoms with E-state index in [0.717, 1.165) is 36.6 Å². The van der Waals surface area contributed by atoms with Crippen LogP contribution >= 0.6 is 11.8 Å². The molecule has 1 aliphatic rings. The normalized spacial score (nSPS) is 15.2. The Kier molecular flexibility index (Phi) is 3.81. The molecular weight excluding hydrogens is 276 g/mol. The zero-order valence-electron chi connectivity index (χ0n) is 11.3. The number of hydrogen-bond donors (Lipinski definition) is 0. The van der Waals surface area contributed by atoms with Crippen LogP contribution < -0.4 is 0 Å². The number of aryl methyl sites for hydroxylation is 1. The molecule has 0 unspecified atom stereocenters. The molecule has 3 rings (SSSR count). The zero-order chi connectivity index (χ0) is 13.9. The molecule has 0 spiro atoms. The predicted molar refractivity (Wildman–Crippen MR) is 75.3 cm³/mol. The van der Waals surface area contributed by atoms with Crippen molar-refractivity contribution in [3.05, 3.63) is 6.33 Å². The first kappa shape index (κ1) is 13.3. The Morgan fingerprint density at radius 3 is 2.90 bits per heavy atom. The maximum Gasteiger partial charge on any atom is 0.232 e. The number of hydrogen-bond acceptors (Lipinski definition) is 6. The largest absolute Gasteiger partial charge is 0.342 e. The van der Waals surface area contributed by atoms with Gasteiger partial charge in [-0.05, 0) is 19.8 Å². The minimum atomic E-state index is 0.169. The molecule has 0 radical (unpaired) electrons. The molecule has 8 heteroatoms. The summed E-state index contributed by atoms with van der Waals surface area (Å²) in [6, 6.07) is 0. The molecule has 3 heterocycles. The van der Waals surface area contributed by atoms with Gasteiger partial charge in [0, 0.05) is 19.6 Å². The first-order chi connectivity index (χ1) is 9.79. The van der Waals surface area contributed by atoms with E-state index in [4.69, 9.17) is 0 Å². The Bertz CT molecular complexity index is 621. The summed E-state index contributed by atoms with van der Waals surface area (Å²) in [6.45, 7) is 4.46. The van der Waals surface area contributed by atoms with Gasteiger partial charge in [-0.3, -0.25) is 4.79 Å². The maximum absolute atomic E-state index is 12.0. The van der Waals surface area contributed by atoms with Crippen LogP contribution in [0.25, 0.3) is 11.2 Å². The number of fused-ring (bicyclic) bond motifs is 1. The van der Waals surface area contributed by atoms with Gasteiger partial charge in [0.2, 0.25) is 5.91 Å². The van der Waals surface area contributed by atoms with Crippen LogP contribution in [0.4, 0.5) is 0 Å². The summed E-state index contributed by atoms with van der Waals surface area (Å²) in [5.74, 6) is 0.563. The molecule has 2 aromatic rings. The van der Waals surface area contributed by atoms with Crippen molar-refractivity contribution in [2.75, 3.05) is 18.8 Å². The van der Waals surface area contributed by atoms with Crippen LogP contribution in [0, 0.1) is 0 Å². The van der Waals surface area contributed by atoms with Gasteiger partial charge in [-0.1, -0.05) is 17.0 Å². The van der Waals surface area contributed by atoms with Gasteiger partial charge >= 0.3 is 0 Å². The SMILES string of the molecule is CCn1nnc2c(SCC(=O)N3CCCC3)ncnc21. The van der Waals surface area contributed by atoms with Gasteiger partial charge in [0.25, 0.3) is 0 Å². The molecule has 0 saturated carbocycles. The van der Waals surface area contributed by atoms with Crippen LogP contribution in [0.3, 0.4) is 0 Å². The third kappa shape index (κ3) is 2.47. The van der Waals surface area contributed by atoms with Crippen molar-refractivity contribution >= 4 is 28.8 Å². The highest BCUT2D eigenvalue weighted by molar-refractivity contribution is 8.00. The molecule has 1 amide bonds. The third-order valence-corrected chi connectivity index (χ3v) is 4.32. The summed E-state index contributed by atoms with van der Waals surface area (Å²) in [4.78, 5) is 22.4. The highest BCUT2D eigenvalue weighted by Gasteiger charge is 2.19. The Balaban J connectivity index is 1.74. The number of aromatic nitrogens is 5. The summed E-state index contributed by atoms with van der Waals surface area (Å²) in [5, 5.41) is 8.87. The molecule has 106 valence electrons. The van der Waals surface area contributed by atoms with Crippen LogP contribution in [-0.2, 0) is 11.3 Å². The molecule has 1 aliphatic heterocycles. The fourth-order valence-electron chi connectivity index (χ4n) is 2.28. The second kappa shape index (κ2) is 5.74. The van der Waals surface area contributed by atoms with Crippen LogP contribution in [0.15, 0.2) is 11.4 Å². The molecule has 7 nitrogen and oxygen atoms in total. The lowest BCUT2D eigenvalue weighted by molar-refractivity contribution is -0.127. The molecule has 1 fully saturated rings. The van der Waals surface area contributed by atoms with Gasteiger partial charge in [-0.25, -0.2) is 14.6 Å². The molecule has 0 N–H and O–H groups in total. The average molecular weight is 292 g/mol. The third-order valence-electron chi connectivity index (χ3n) is 3.36. The lowest BCUT2D eigenvalue weighted by Crippen LogP contribution is -2.29. The van der Waals surface area contributed by atoms with Crippen LogP contribution in [0.5, 0.6) is 0 Å². The summed E-state index contributed by atoms with van der Waals surface area (Å²) in [5.41, 5.74) is 1.40. The fraction of sp³-hybridized carbons (Fsp3) is 0.583. The summed E-state index contributed by atoms with van der Waals surface area (Å²) in [7, 11) is 0. The molecule has 1 saturated heterocycles. The maximum atomic E-state index is 12.0. The van der Waals surface area contributed by atoms with E-state index in [-0.39, 0.29) is 5.91 Å². The Hall–Kier alpha value is -1.70. The number of nitrogens with zero attached hydrogens (tertiary/aromatic N) is 6. The van der Waals surface area contributed by atoms with Crippen molar-refractivity contribution in [2.24, 2.45) is 0 Å². The highest BCUT2D eigenvalue weighted by atomic mass is 32.2. The van der Waals surface area contributed by atoms with Gasteiger partial charge in [-0.15, -0.1) is 5.10 Å². The monoisotopic (exact) mass is 292 g/mol. The van der Waals surface area contributed by atoms with Gasteiger partial charge in [-0.2, -0.15) is 0 Å². The van der Waals surface area contributed by atoms with E-state index < -0.39 is 0 Å². The second-order valence-electron chi connectivity index (χ2n) is 4.63. The number of carbonyl (C=O) groups is 1. The number of thioether (sulfide) groups is 1. The van der Waals surface area contributed by atoms with Crippen molar-refractivity contribution in [1.29, 1.82) is 0 Å². The minimum absolute atomic E-state index is 0.169. The van der Waals surface area contributed by atoms with Crippen LogP contribution in [0.2, 0.25) is 0 Å². The molecular formula is C12H16N6OS. The molecule has 0 bridgehead atoms. The first-order valence-electron chi connectivity index (χ1n) is 6.74. The van der Waals surface area contributed by atoms with E-state index in [1.165, 1.54) is 18.1 Å². The van der Waals surface area contributed by atoms with Crippen molar-refractivity contribution < 1.29 is 4.79 Å². The summed E-state index contributed by atoms with van der Waals surface area (Å²) in [6.07, 6.45) is 3.72. The number of amides is 1. The zero-order valence-corrected chi connectivity index (χ0v) is 12.1. The van der Waals surface area contributed by atoms with E-state index >= 15 is 0 Å². The lowest BCUT2D eigenvalue weighted by atomic mass is 10.4. The van der Waals surface area contributed by atoms with Gasteiger partial charge in [0.1, 0.15) is 11.4 Å². The van der Waals surface area contributed by atoms with Crippen molar-refractivity contribution in [2.45, 2.75) is 31.3 Å². The quantitative estimate of drug-likeness (QED) is 0.617. The standard InChI is InChI=1S/C12H16N6OS/c1-2-18-11-10(15-16-18)12(14-8-13-11)20-7-9(19)17-5-3-4-6-17/h8H,2-7H2,1H3. The lowest BCUT2D eigenvalue weighted by Gasteiger charge is -2.14. The summed E-state index contributed by atoms with van der Waals surface area (Å²) >= 11 is 1.41. The Labute approximate surface area is 120 Å². The van der Waals surface area contributed by atoms with Crippen molar-refractivity contribution in [3.8, 4) is 0 Å². The Morgan fingerprint density at radius 1 is 1.35 bits per heavy atom. The molecule has 0 aromatic carbocycles. The van der Waals surface area contributed by atoms with Crippen molar-refractivity contribution in [1.82, 2.24) is 29.9 Å². The van der Waals surface area contributed by atoms with Crippen molar-refractivity contribution in [3.63, 3.8) is 0 Å². The van der Waals surface area contributed by atoms with E-state index in [9.17, 15) is 4.79 Å². The van der Waals surface area contributed by atoms with E-state index in [2.05, 4.69) is 20.3 Å². The minimum Gasteiger partial charge on any atom is -0.342 e. The van der Waals surface area contributed by atoms with E-state index in [0.29, 0.717) is 17.8 Å². The smallest absolute Gasteiger partial charge is 0.232 e. The molecule has 0 atom stereocenters. The molecule has 2 aromatic heterocycles. The number of likely N-dealkylation sites (tertiary alicyclic amines) is 1. The van der Waals surface area contributed by atoms with Gasteiger partial charge in [0.15, 0.2) is 11.2 Å². The van der Waals surface area contributed by atoms with E-state index in [1.54, 1.807) is 4.68 Å². The fourth-order valence-corrected chi connectivity index (χ4v) is 3.11. The second-order valence-corrected chi connectivity index (χ2v) is 5.60. The predicted octanol–water partition coefficient (Wildman–Crippen LogP) is 0.956. The highest BCUT2D eigenvalue weighted by Crippen LogP contribution is 2.23. The topological polar surface area (TPSA) is 76.8 Å². The van der Waals surface area contributed by atoms with E-state index in [1.807, 2.05) is 11.8 Å². The number of rotatable bonds is 4. The van der Waals surface area contributed by atoms with Gasteiger partial charge < -0.3 is 4.90 Å². The van der Waals surface area contributed by atoms with Gasteiger partial charge in [0.05, 0.1) is 5.75 Å². The molecule has 20 heavy (non-hydrogen) atoms. The van der Waals surface area contributed by atoms with Crippen LogP contribution in [0.1, 0.15) is 19.8 Å². The first-order valence-corrected chi connectivity index (χ1v) is 7.73. The summed E-state index contributed by atoms with van der Waals surface area (Å²) < 4.78 is 1.73. The van der Waals surface area contributed by atoms with Crippen LogP contribution in [-0.4, -0.2) is 54.6 Å². The number of carbonyl (C=O) groups excluding carboxylic acids is 1. The average Bonchev–Trinajstić information content (AvgIpc) is 3.13.